The highest BCUT2D eigenvalue weighted by molar-refractivity contribution is 8.03. The molecule has 20 heavy (non-hydrogen) atoms. The van der Waals surface area contributed by atoms with Crippen LogP contribution in [0.25, 0.3) is 0 Å². The van der Waals surface area contributed by atoms with Crippen molar-refractivity contribution in [1.29, 1.82) is 0 Å². The van der Waals surface area contributed by atoms with E-state index in [1.165, 1.54) is 0 Å². The summed E-state index contributed by atoms with van der Waals surface area (Å²) >= 11 is 15.1. The lowest BCUT2D eigenvalue weighted by molar-refractivity contribution is -0.139. The number of nitrogens with two attached hydrogens (primary N) is 1. The van der Waals surface area contributed by atoms with E-state index in [9.17, 15) is 4.79 Å². The third kappa shape index (κ3) is 5.37. The summed E-state index contributed by atoms with van der Waals surface area (Å²) in [4.78, 5) is 11.8. The molecule has 3 nitrogen and oxygen atoms in total. The number of benzene rings is 1. The zero-order valence-corrected chi connectivity index (χ0v) is 14.4. The lowest BCUT2D eigenvalue weighted by atomic mass is 10.1. The number of carbonyl (C=O) groups is 1. The molecule has 112 valence electrons. The Morgan fingerprint density at radius 2 is 2.05 bits per heavy atom. The standard InChI is InChI=1S/C13H17Cl2NO2S2/c1-13(2,11(16)12(17)18)20-6-5-19-10-7-8(14)3-4-9(10)15/h3-4,7,11H,5-6,16H2,1-2H3,(H,17,18)/t11-/m0/s1. The van der Waals surface area contributed by atoms with Gasteiger partial charge in [0, 0.05) is 26.2 Å². The summed E-state index contributed by atoms with van der Waals surface area (Å²) in [6.07, 6.45) is 0. The molecule has 0 unspecified atom stereocenters. The fourth-order valence-corrected chi connectivity index (χ4v) is 4.06. The van der Waals surface area contributed by atoms with Crippen molar-refractivity contribution in [1.82, 2.24) is 0 Å². The Bertz CT molecular complexity index is 483. The molecule has 1 atom stereocenters. The molecule has 0 saturated heterocycles. The number of carboxylic acid groups (broad SMARTS) is 1. The van der Waals surface area contributed by atoms with Gasteiger partial charge in [-0.25, -0.2) is 0 Å². The minimum Gasteiger partial charge on any atom is -0.480 e. The van der Waals surface area contributed by atoms with Crippen molar-refractivity contribution in [3.8, 4) is 0 Å². The van der Waals surface area contributed by atoms with E-state index in [2.05, 4.69) is 0 Å². The Hall–Kier alpha value is -0.0700. The first-order valence-electron chi connectivity index (χ1n) is 5.94. The number of hydrogen-bond donors (Lipinski definition) is 2. The molecule has 0 spiro atoms. The summed E-state index contributed by atoms with van der Waals surface area (Å²) < 4.78 is -0.509. The molecule has 0 saturated carbocycles. The number of aliphatic carboxylic acids is 1. The number of halogens is 2. The van der Waals surface area contributed by atoms with Gasteiger partial charge in [0.05, 0.1) is 5.02 Å². The SMILES string of the molecule is CC(C)(SCCSc1cc(Cl)ccc1Cl)[C@@H](N)C(=O)O. The second kappa shape index (κ2) is 7.80. The smallest absolute Gasteiger partial charge is 0.321 e. The number of rotatable bonds is 7. The van der Waals surface area contributed by atoms with Gasteiger partial charge in [0.15, 0.2) is 0 Å². The third-order valence-electron chi connectivity index (χ3n) is 2.72. The average Bonchev–Trinajstić information content (AvgIpc) is 2.37. The summed E-state index contributed by atoms with van der Waals surface area (Å²) in [5.74, 6) is 0.607. The van der Waals surface area contributed by atoms with Crippen molar-refractivity contribution in [3.05, 3.63) is 28.2 Å². The van der Waals surface area contributed by atoms with Crippen LogP contribution in [0.3, 0.4) is 0 Å². The molecule has 3 N–H and O–H groups in total. The molecular formula is C13H17Cl2NO2S2. The van der Waals surface area contributed by atoms with E-state index in [0.717, 1.165) is 16.4 Å². The molecule has 0 radical (unpaired) electrons. The van der Waals surface area contributed by atoms with Crippen molar-refractivity contribution >= 4 is 52.7 Å². The van der Waals surface area contributed by atoms with Crippen LogP contribution in [-0.4, -0.2) is 33.4 Å². The zero-order valence-electron chi connectivity index (χ0n) is 11.2. The van der Waals surface area contributed by atoms with Crippen molar-refractivity contribution in [3.63, 3.8) is 0 Å². The van der Waals surface area contributed by atoms with E-state index >= 15 is 0 Å². The molecule has 0 heterocycles. The summed E-state index contributed by atoms with van der Waals surface area (Å²) in [7, 11) is 0. The molecule has 0 amide bonds. The summed E-state index contributed by atoms with van der Waals surface area (Å²) in [5.41, 5.74) is 5.67. The van der Waals surface area contributed by atoms with Crippen LogP contribution in [0, 0.1) is 0 Å². The highest BCUT2D eigenvalue weighted by atomic mass is 35.5. The fourth-order valence-electron chi connectivity index (χ4n) is 1.43. The third-order valence-corrected chi connectivity index (χ3v) is 6.12. The molecule has 1 rings (SSSR count). The Balaban J connectivity index is 2.45. The molecule has 1 aromatic rings. The van der Waals surface area contributed by atoms with E-state index < -0.39 is 16.8 Å². The molecule has 0 bridgehead atoms. The molecule has 0 aliphatic rings. The van der Waals surface area contributed by atoms with Gasteiger partial charge in [-0.2, -0.15) is 11.8 Å². The van der Waals surface area contributed by atoms with Gasteiger partial charge in [-0.3, -0.25) is 4.79 Å². The Morgan fingerprint density at radius 1 is 1.40 bits per heavy atom. The van der Waals surface area contributed by atoms with Gasteiger partial charge in [0.1, 0.15) is 6.04 Å². The number of carboxylic acids is 1. The first-order valence-corrected chi connectivity index (χ1v) is 8.67. The second-order valence-electron chi connectivity index (χ2n) is 4.69. The molecule has 0 aliphatic carbocycles. The lowest BCUT2D eigenvalue weighted by Gasteiger charge is -2.27. The monoisotopic (exact) mass is 353 g/mol. The topological polar surface area (TPSA) is 63.3 Å². The predicted molar refractivity (Wildman–Crippen MR) is 89.3 cm³/mol. The van der Waals surface area contributed by atoms with E-state index in [1.807, 2.05) is 19.9 Å². The molecule has 7 heteroatoms. The first-order chi connectivity index (χ1) is 9.24. The van der Waals surface area contributed by atoms with E-state index in [1.54, 1.807) is 35.7 Å². The maximum atomic E-state index is 10.9. The van der Waals surface area contributed by atoms with Gasteiger partial charge >= 0.3 is 5.97 Å². The van der Waals surface area contributed by atoms with E-state index in [4.69, 9.17) is 34.0 Å². The molecular weight excluding hydrogens is 337 g/mol. The van der Waals surface area contributed by atoms with Gasteiger partial charge in [-0.05, 0) is 32.0 Å². The average molecular weight is 354 g/mol. The van der Waals surface area contributed by atoms with Crippen molar-refractivity contribution < 1.29 is 9.90 Å². The highest BCUT2D eigenvalue weighted by Crippen LogP contribution is 2.33. The largest absolute Gasteiger partial charge is 0.480 e. The lowest BCUT2D eigenvalue weighted by Crippen LogP contribution is -2.46. The Kier molecular flexibility index (Phi) is 7.01. The fraction of sp³-hybridized carbons (Fsp3) is 0.462. The van der Waals surface area contributed by atoms with Gasteiger partial charge < -0.3 is 10.8 Å². The van der Waals surface area contributed by atoms with Crippen molar-refractivity contribution in [2.24, 2.45) is 5.73 Å². The normalized spacial score (nSPS) is 13.2. The van der Waals surface area contributed by atoms with Crippen LogP contribution >= 0.6 is 46.7 Å². The van der Waals surface area contributed by atoms with Crippen LogP contribution < -0.4 is 5.73 Å². The van der Waals surface area contributed by atoms with Crippen LogP contribution in [0.5, 0.6) is 0 Å². The number of thioether (sulfide) groups is 2. The minimum absolute atomic E-state index is 0.509. The van der Waals surface area contributed by atoms with Crippen molar-refractivity contribution in [2.45, 2.75) is 29.5 Å². The Labute approximate surface area is 137 Å². The highest BCUT2D eigenvalue weighted by Gasteiger charge is 2.32. The molecule has 0 aromatic heterocycles. The zero-order chi connectivity index (χ0) is 15.3. The van der Waals surface area contributed by atoms with Crippen molar-refractivity contribution in [2.75, 3.05) is 11.5 Å². The van der Waals surface area contributed by atoms with Crippen LogP contribution in [0.15, 0.2) is 23.1 Å². The quantitative estimate of drug-likeness (QED) is 0.572. The number of hydrogen-bond acceptors (Lipinski definition) is 4. The van der Waals surface area contributed by atoms with Crippen LogP contribution in [0.2, 0.25) is 10.0 Å². The van der Waals surface area contributed by atoms with Crippen LogP contribution in [-0.2, 0) is 4.79 Å². The molecule has 0 aliphatic heterocycles. The maximum Gasteiger partial charge on any atom is 0.321 e. The van der Waals surface area contributed by atoms with Gasteiger partial charge in [-0.15, -0.1) is 11.8 Å². The first kappa shape index (κ1) is 18.0. The minimum atomic E-state index is -0.979. The van der Waals surface area contributed by atoms with Crippen LogP contribution in [0.4, 0.5) is 0 Å². The Morgan fingerprint density at radius 3 is 2.65 bits per heavy atom. The summed E-state index contributed by atoms with van der Waals surface area (Å²) in [5, 5.41) is 10.3. The second-order valence-corrected chi connectivity index (χ2v) is 8.42. The van der Waals surface area contributed by atoms with E-state index in [0.29, 0.717) is 10.0 Å². The molecule has 0 fully saturated rings. The van der Waals surface area contributed by atoms with E-state index in [-0.39, 0.29) is 0 Å². The predicted octanol–water partition coefficient (Wildman–Crippen LogP) is 4.01. The van der Waals surface area contributed by atoms with Gasteiger partial charge in [0.2, 0.25) is 0 Å². The van der Waals surface area contributed by atoms with Gasteiger partial charge in [0.25, 0.3) is 0 Å². The molecule has 1 aromatic carbocycles. The van der Waals surface area contributed by atoms with Crippen LogP contribution in [0.1, 0.15) is 13.8 Å². The summed E-state index contributed by atoms with van der Waals surface area (Å²) in [6, 6.07) is 4.46. The maximum absolute atomic E-state index is 10.9. The van der Waals surface area contributed by atoms with Gasteiger partial charge in [-0.1, -0.05) is 23.2 Å². The summed E-state index contributed by atoms with van der Waals surface area (Å²) in [6.45, 7) is 3.68.